The molecule has 0 unspecified atom stereocenters. The predicted molar refractivity (Wildman–Crippen MR) is 42.0 cm³/mol. The van der Waals surface area contributed by atoms with E-state index < -0.39 is 12.1 Å². The molecule has 0 N–H and O–H groups in total. The van der Waals surface area contributed by atoms with Gasteiger partial charge in [0.25, 0.3) is 0 Å². The van der Waals surface area contributed by atoms with Crippen LogP contribution in [0.1, 0.15) is 23.3 Å². The van der Waals surface area contributed by atoms with Crippen molar-refractivity contribution in [2.24, 2.45) is 0 Å². The molecule has 0 aliphatic heterocycles. The Balaban J connectivity index is 0.000000175. The van der Waals surface area contributed by atoms with E-state index in [9.17, 15) is 9.18 Å². The van der Waals surface area contributed by atoms with Gasteiger partial charge in [-0.25, -0.2) is 9.18 Å². The van der Waals surface area contributed by atoms with Crippen molar-refractivity contribution in [2.75, 3.05) is 7.11 Å². The summed E-state index contributed by atoms with van der Waals surface area (Å²) in [5.74, 6) is -0.483. The number of carbonyl (C=O) groups is 1. The number of esters is 1. The van der Waals surface area contributed by atoms with Crippen LogP contribution in [0.15, 0.2) is 16.9 Å². The maximum absolute atomic E-state index is 11.1. The van der Waals surface area contributed by atoms with Gasteiger partial charge in [0.1, 0.15) is 12.4 Å². The predicted octanol–water partition coefficient (Wildman–Crippen LogP) is 1.58. The quantitative estimate of drug-likeness (QED) is 0.626. The first-order chi connectivity index (χ1) is 6.24. The second-order valence-electron chi connectivity index (χ2n) is 2.55. The lowest BCUT2D eigenvalue weighted by atomic mass is 10.4. The van der Waals surface area contributed by atoms with E-state index >= 15 is 0 Å². The fourth-order valence-electron chi connectivity index (χ4n) is 0.485. The van der Waals surface area contributed by atoms with E-state index in [1.54, 1.807) is 0 Å². The Hall–Kier alpha value is -1.39. The van der Waals surface area contributed by atoms with Crippen molar-refractivity contribution < 1.29 is 18.4 Å². The average Bonchev–Trinajstić information content (AvgIpc) is 2.77. The molecular formula is C8H10FNO3. The number of methoxy groups -OCH3 is 1. The standard InChI is InChI=1S/C5H5NO3.C3H5F/c1-8-5(7)4-2-3-9-6-4;4-3-1-2-3/h2-3H,1H3;3H,1-2H2. The van der Waals surface area contributed by atoms with Crippen LogP contribution >= 0.6 is 0 Å². The lowest BCUT2D eigenvalue weighted by Crippen LogP contribution is -2.00. The number of ether oxygens (including phenoxy) is 1. The Morgan fingerprint density at radius 3 is 2.69 bits per heavy atom. The lowest BCUT2D eigenvalue weighted by Gasteiger charge is -1.88. The van der Waals surface area contributed by atoms with E-state index in [1.807, 2.05) is 0 Å². The number of hydrogen-bond acceptors (Lipinski definition) is 4. The number of rotatable bonds is 1. The van der Waals surface area contributed by atoms with Gasteiger partial charge in [-0.05, 0) is 12.8 Å². The minimum atomic E-state index is -0.483. The molecule has 5 heteroatoms. The highest BCUT2D eigenvalue weighted by atomic mass is 19.1. The van der Waals surface area contributed by atoms with Gasteiger partial charge in [0.05, 0.1) is 7.11 Å². The summed E-state index contributed by atoms with van der Waals surface area (Å²) in [5.41, 5.74) is 0.192. The van der Waals surface area contributed by atoms with Gasteiger partial charge >= 0.3 is 5.97 Å². The maximum Gasteiger partial charge on any atom is 0.360 e. The summed E-state index contributed by atoms with van der Waals surface area (Å²) in [5, 5.41) is 3.34. The third-order valence-corrected chi connectivity index (χ3v) is 1.34. The smallest absolute Gasteiger partial charge is 0.360 e. The minimum Gasteiger partial charge on any atom is -0.464 e. The Kier molecular flexibility index (Phi) is 3.42. The number of nitrogens with zero attached hydrogens (tertiary/aromatic N) is 1. The van der Waals surface area contributed by atoms with Crippen LogP contribution in [0.25, 0.3) is 0 Å². The van der Waals surface area contributed by atoms with Gasteiger partial charge in [0.15, 0.2) is 5.69 Å². The molecule has 72 valence electrons. The molecule has 0 amide bonds. The topological polar surface area (TPSA) is 52.3 Å². The first kappa shape index (κ1) is 9.70. The van der Waals surface area contributed by atoms with Crippen LogP contribution in [-0.2, 0) is 4.74 Å². The summed E-state index contributed by atoms with van der Waals surface area (Å²) in [6.07, 6.45) is 2.53. The first-order valence-corrected chi connectivity index (χ1v) is 3.87. The van der Waals surface area contributed by atoms with E-state index in [4.69, 9.17) is 0 Å². The van der Waals surface area contributed by atoms with Gasteiger partial charge in [-0.15, -0.1) is 0 Å². The molecule has 0 radical (unpaired) electrons. The van der Waals surface area contributed by atoms with Gasteiger partial charge in [-0.2, -0.15) is 0 Å². The van der Waals surface area contributed by atoms with Gasteiger partial charge in [0, 0.05) is 6.07 Å². The summed E-state index contributed by atoms with van der Waals surface area (Å²) in [6.45, 7) is 0. The van der Waals surface area contributed by atoms with Crippen molar-refractivity contribution >= 4 is 5.97 Å². The zero-order valence-electron chi connectivity index (χ0n) is 7.20. The summed E-state index contributed by atoms with van der Waals surface area (Å²) >= 11 is 0. The summed E-state index contributed by atoms with van der Waals surface area (Å²) in [4.78, 5) is 10.5. The molecule has 4 nitrogen and oxygen atoms in total. The molecule has 2 rings (SSSR count). The van der Waals surface area contributed by atoms with Gasteiger partial charge < -0.3 is 9.26 Å². The number of alkyl halides is 1. The molecule has 0 bridgehead atoms. The Morgan fingerprint density at radius 2 is 2.38 bits per heavy atom. The summed E-state index contributed by atoms with van der Waals surface area (Å²) in [6, 6.07) is 1.44. The van der Waals surface area contributed by atoms with Crippen molar-refractivity contribution in [3.63, 3.8) is 0 Å². The molecule has 1 aliphatic carbocycles. The number of aromatic nitrogens is 1. The maximum atomic E-state index is 11.1. The second-order valence-corrected chi connectivity index (χ2v) is 2.55. The molecule has 0 saturated heterocycles. The number of hydrogen-bond donors (Lipinski definition) is 0. The van der Waals surface area contributed by atoms with E-state index in [1.165, 1.54) is 19.4 Å². The zero-order valence-corrected chi connectivity index (χ0v) is 7.20. The molecule has 0 aromatic carbocycles. The fourth-order valence-corrected chi connectivity index (χ4v) is 0.485. The van der Waals surface area contributed by atoms with Crippen LogP contribution < -0.4 is 0 Å². The normalized spacial score (nSPS) is 14.3. The highest BCUT2D eigenvalue weighted by Crippen LogP contribution is 2.22. The van der Waals surface area contributed by atoms with Crippen LogP contribution in [0.3, 0.4) is 0 Å². The van der Waals surface area contributed by atoms with Crippen LogP contribution in [0.5, 0.6) is 0 Å². The van der Waals surface area contributed by atoms with Gasteiger partial charge in [0.2, 0.25) is 0 Å². The molecule has 1 aliphatic rings. The highest BCUT2D eigenvalue weighted by Gasteiger charge is 2.18. The van der Waals surface area contributed by atoms with Crippen molar-refractivity contribution in [3.8, 4) is 0 Å². The molecule has 13 heavy (non-hydrogen) atoms. The second kappa shape index (κ2) is 4.59. The molecule has 1 heterocycles. The fraction of sp³-hybridized carbons (Fsp3) is 0.500. The SMILES string of the molecule is COC(=O)c1ccon1.FC1CC1. The third kappa shape index (κ3) is 3.68. The van der Waals surface area contributed by atoms with Crippen molar-refractivity contribution in [2.45, 2.75) is 19.0 Å². The van der Waals surface area contributed by atoms with Gasteiger partial charge in [-0.3, -0.25) is 0 Å². The van der Waals surface area contributed by atoms with Crippen molar-refractivity contribution in [3.05, 3.63) is 18.0 Å². The lowest BCUT2D eigenvalue weighted by molar-refractivity contribution is 0.0589. The van der Waals surface area contributed by atoms with E-state index in [0.29, 0.717) is 0 Å². The van der Waals surface area contributed by atoms with Crippen molar-refractivity contribution in [1.82, 2.24) is 5.16 Å². The van der Waals surface area contributed by atoms with E-state index in [-0.39, 0.29) is 5.69 Å². The molecule has 1 fully saturated rings. The molecule has 0 atom stereocenters. The van der Waals surface area contributed by atoms with Crippen LogP contribution in [-0.4, -0.2) is 24.4 Å². The molecule has 0 spiro atoms. The Bertz CT molecular complexity index is 256. The zero-order chi connectivity index (χ0) is 9.68. The first-order valence-electron chi connectivity index (χ1n) is 3.87. The minimum absolute atomic E-state index is 0.192. The van der Waals surface area contributed by atoms with E-state index in [0.717, 1.165) is 12.8 Å². The van der Waals surface area contributed by atoms with E-state index in [2.05, 4.69) is 14.4 Å². The molecule has 1 aromatic rings. The monoisotopic (exact) mass is 187 g/mol. The Morgan fingerprint density at radius 1 is 1.77 bits per heavy atom. The van der Waals surface area contributed by atoms with Crippen LogP contribution in [0.4, 0.5) is 4.39 Å². The molecular weight excluding hydrogens is 177 g/mol. The average molecular weight is 187 g/mol. The van der Waals surface area contributed by atoms with Crippen LogP contribution in [0, 0.1) is 0 Å². The largest absolute Gasteiger partial charge is 0.464 e. The highest BCUT2D eigenvalue weighted by molar-refractivity contribution is 5.86. The van der Waals surface area contributed by atoms with Crippen LogP contribution in [0.2, 0.25) is 0 Å². The van der Waals surface area contributed by atoms with Gasteiger partial charge in [-0.1, -0.05) is 5.16 Å². The molecule has 1 aromatic heterocycles. The number of halogens is 1. The van der Waals surface area contributed by atoms with Crippen molar-refractivity contribution in [1.29, 1.82) is 0 Å². The molecule has 1 saturated carbocycles. The third-order valence-electron chi connectivity index (χ3n) is 1.34. The number of carbonyl (C=O) groups excluding carboxylic acids is 1. The Labute approximate surface area is 74.7 Å². The summed E-state index contributed by atoms with van der Waals surface area (Å²) < 4.78 is 19.8. The summed E-state index contributed by atoms with van der Waals surface area (Å²) in [7, 11) is 1.29.